The predicted molar refractivity (Wildman–Crippen MR) is 98.1 cm³/mol. The first-order valence-electron chi connectivity index (χ1n) is 8.60. The van der Waals surface area contributed by atoms with Crippen molar-refractivity contribution in [1.29, 1.82) is 0 Å². The zero-order valence-electron chi connectivity index (χ0n) is 15.9. The number of methoxy groups -OCH3 is 1. The van der Waals surface area contributed by atoms with Gasteiger partial charge in [-0.05, 0) is 30.5 Å². The van der Waals surface area contributed by atoms with E-state index in [0.717, 1.165) is 13.0 Å². The van der Waals surface area contributed by atoms with E-state index in [-0.39, 0.29) is 12.3 Å². The number of rotatable bonds is 11. The highest BCUT2D eigenvalue weighted by atomic mass is 19.3. The SMILES string of the molecule is CN=C(NCCCOCC(C)C)NCc1cc(OC)ccc1OC(F)F. The summed E-state index contributed by atoms with van der Waals surface area (Å²) in [6.45, 7) is 3.70. The van der Waals surface area contributed by atoms with E-state index >= 15 is 0 Å². The number of nitrogens with zero attached hydrogens (tertiary/aromatic N) is 1. The number of ether oxygens (including phenoxy) is 3. The standard InChI is InChI=1S/C18H29F2N3O3/c1-13(2)12-25-9-5-8-22-18(21-3)23-11-14-10-15(24-4)6-7-16(14)26-17(19)20/h6-7,10,13,17H,5,8-9,11-12H2,1-4H3,(H2,21,22,23). The topological polar surface area (TPSA) is 64.1 Å². The zero-order chi connectivity index (χ0) is 19.4. The monoisotopic (exact) mass is 373 g/mol. The van der Waals surface area contributed by atoms with Gasteiger partial charge in [-0.3, -0.25) is 4.99 Å². The molecular weight excluding hydrogens is 344 g/mol. The molecule has 0 saturated heterocycles. The quantitative estimate of drug-likeness (QED) is 0.355. The molecule has 0 heterocycles. The number of hydrogen-bond acceptors (Lipinski definition) is 4. The van der Waals surface area contributed by atoms with Crippen LogP contribution in [0.2, 0.25) is 0 Å². The number of alkyl halides is 2. The average Bonchev–Trinajstić information content (AvgIpc) is 2.60. The van der Waals surface area contributed by atoms with Crippen molar-refractivity contribution < 1.29 is 23.0 Å². The van der Waals surface area contributed by atoms with Crippen LogP contribution >= 0.6 is 0 Å². The summed E-state index contributed by atoms with van der Waals surface area (Å²) in [5.41, 5.74) is 0.549. The van der Waals surface area contributed by atoms with E-state index in [1.165, 1.54) is 13.2 Å². The molecule has 148 valence electrons. The largest absolute Gasteiger partial charge is 0.497 e. The van der Waals surface area contributed by atoms with Crippen molar-refractivity contribution in [2.24, 2.45) is 10.9 Å². The van der Waals surface area contributed by atoms with Crippen molar-refractivity contribution in [2.75, 3.05) is 33.9 Å². The first-order chi connectivity index (χ1) is 12.5. The number of nitrogens with one attached hydrogen (secondary N) is 2. The van der Waals surface area contributed by atoms with Gasteiger partial charge in [0, 0.05) is 38.9 Å². The highest BCUT2D eigenvalue weighted by molar-refractivity contribution is 5.79. The van der Waals surface area contributed by atoms with Crippen molar-refractivity contribution in [2.45, 2.75) is 33.4 Å². The summed E-state index contributed by atoms with van der Waals surface area (Å²) in [6, 6.07) is 4.69. The number of benzene rings is 1. The van der Waals surface area contributed by atoms with Crippen LogP contribution in [0.4, 0.5) is 8.78 Å². The Morgan fingerprint density at radius 2 is 2.00 bits per heavy atom. The third kappa shape index (κ3) is 8.84. The molecule has 0 aliphatic carbocycles. The van der Waals surface area contributed by atoms with Crippen molar-refractivity contribution in [3.8, 4) is 11.5 Å². The maximum absolute atomic E-state index is 12.5. The van der Waals surface area contributed by atoms with Gasteiger partial charge in [0.05, 0.1) is 7.11 Å². The number of hydrogen-bond donors (Lipinski definition) is 2. The third-order valence-corrected chi connectivity index (χ3v) is 3.36. The van der Waals surface area contributed by atoms with E-state index in [2.05, 4.69) is 34.2 Å². The van der Waals surface area contributed by atoms with Gasteiger partial charge in [0.15, 0.2) is 5.96 Å². The molecule has 6 nitrogen and oxygen atoms in total. The summed E-state index contributed by atoms with van der Waals surface area (Å²) in [5.74, 6) is 1.75. The van der Waals surface area contributed by atoms with E-state index in [4.69, 9.17) is 9.47 Å². The molecule has 0 aliphatic heterocycles. The van der Waals surface area contributed by atoms with Gasteiger partial charge >= 0.3 is 6.61 Å². The Hall–Kier alpha value is -2.09. The van der Waals surface area contributed by atoms with Crippen LogP contribution in [0.5, 0.6) is 11.5 Å². The van der Waals surface area contributed by atoms with Crippen LogP contribution in [0.25, 0.3) is 0 Å². The van der Waals surface area contributed by atoms with Crippen LogP contribution in [0.1, 0.15) is 25.8 Å². The summed E-state index contributed by atoms with van der Waals surface area (Å²) in [6.07, 6.45) is 0.840. The summed E-state index contributed by atoms with van der Waals surface area (Å²) in [7, 11) is 3.16. The number of aliphatic imine (C=N–C) groups is 1. The Kier molecular flexibility index (Phi) is 10.4. The summed E-state index contributed by atoms with van der Waals surface area (Å²) < 4.78 is 40.3. The molecule has 2 N–H and O–H groups in total. The van der Waals surface area contributed by atoms with Crippen molar-refractivity contribution in [3.63, 3.8) is 0 Å². The lowest BCUT2D eigenvalue weighted by atomic mass is 10.2. The fraction of sp³-hybridized carbons (Fsp3) is 0.611. The van der Waals surface area contributed by atoms with Crippen LogP contribution < -0.4 is 20.1 Å². The molecule has 1 aromatic carbocycles. The molecule has 0 aliphatic rings. The van der Waals surface area contributed by atoms with Gasteiger partial charge in [0.1, 0.15) is 11.5 Å². The maximum atomic E-state index is 12.5. The molecule has 0 aromatic heterocycles. The number of guanidine groups is 1. The van der Waals surface area contributed by atoms with Crippen molar-refractivity contribution >= 4 is 5.96 Å². The van der Waals surface area contributed by atoms with Crippen molar-refractivity contribution in [3.05, 3.63) is 23.8 Å². The van der Waals surface area contributed by atoms with E-state index < -0.39 is 6.61 Å². The molecule has 0 saturated carbocycles. The predicted octanol–water partition coefficient (Wildman–Crippen LogP) is 3.02. The van der Waals surface area contributed by atoms with E-state index in [0.29, 0.717) is 36.3 Å². The highest BCUT2D eigenvalue weighted by Gasteiger charge is 2.11. The van der Waals surface area contributed by atoms with E-state index in [1.54, 1.807) is 19.2 Å². The lowest BCUT2D eigenvalue weighted by Crippen LogP contribution is -2.37. The van der Waals surface area contributed by atoms with Gasteiger partial charge < -0.3 is 24.8 Å². The van der Waals surface area contributed by atoms with Gasteiger partial charge in [-0.2, -0.15) is 8.78 Å². The lowest BCUT2D eigenvalue weighted by Gasteiger charge is -2.15. The summed E-state index contributed by atoms with van der Waals surface area (Å²) in [4.78, 5) is 4.12. The van der Waals surface area contributed by atoms with Crippen LogP contribution in [0, 0.1) is 5.92 Å². The third-order valence-electron chi connectivity index (χ3n) is 3.36. The molecule has 1 rings (SSSR count). The maximum Gasteiger partial charge on any atom is 0.387 e. The first-order valence-corrected chi connectivity index (χ1v) is 8.60. The Bertz CT molecular complexity index is 554. The number of halogens is 2. The highest BCUT2D eigenvalue weighted by Crippen LogP contribution is 2.25. The summed E-state index contributed by atoms with van der Waals surface area (Å²) >= 11 is 0. The van der Waals surface area contributed by atoms with E-state index in [9.17, 15) is 8.78 Å². The van der Waals surface area contributed by atoms with Gasteiger partial charge in [-0.15, -0.1) is 0 Å². The second-order valence-electron chi connectivity index (χ2n) is 6.03. The Labute approximate surface area is 153 Å². The second kappa shape index (κ2) is 12.3. The van der Waals surface area contributed by atoms with Gasteiger partial charge in [0.2, 0.25) is 0 Å². The van der Waals surface area contributed by atoms with Gasteiger partial charge in [-0.25, -0.2) is 0 Å². The molecule has 0 spiro atoms. The van der Waals surface area contributed by atoms with Gasteiger partial charge in [-0.1, -0.05) is 13.8 Å². The molecule has 1 aromatic rings. The van der Waals surface area contributed by atoms with Crippen LogP contribution in [-0.4, -0.2) is 46.5 Å². The van der Waals surface area contributed by atoms with Crippen LogP contribution in [0.15, 0.2) is 23.2 Å². The smallest absolute Gasteiger partial charge is 0.387 e. The fourth-order valence-electron chi connectivity index (χ4n) is 2.13. The van der Waals surface area contributed by atoms with Crippen molar-refractivity contribution in [1.82, 2.24) is 10.6 Å². The Balaban J connectivity index is 2.49. The van der Waals surface area contributed by atoms with E-state index in [1.807, 2.05) is 0 Å². The Morgan fingerprint density at radius 3 is 2.62 bits per heavy atom. The van der Waals surface area contributed by atoms with Crippen LogP contribution in [-0.2, 0) is 11.3 Å². The molecule has 0 amide bonds. The lowest BCUT2D eigenvalue weighted by molar-refractivity contribution is -0.0504. The minimum atomic E-state index is -2.88. The molecule has 0 radical (unpaired) electrons. The molecule has 8 heteroatoms. The molecule has 26 heavy (non-hydrogen) atoms. The molecule has 0 fully saturated rings. The normalized spacial score (nSPS) is 11.8. The van der Waals surface area contributed by atoms with Gasteiger partial charge in [0.25, 0.3) is 0 Å². The Morgan fingerprint density at radius 1 is 1.23 bits per heavy atom. The second-order valence-corrected chi connectivity index (χ2v) is 6.03. The average molecular weight is 373 g/mol. The fourth-order valence-corrected chi connectivity index (χ4v) is 2.13. The molecule has 0 atom stereocenters. The first kappa shape index (κ1) is 22.0. The molecule has 0 bridgehead atoms. The molecular formula is C18H29F2N3O3. The summed E-state index contributed by atoms with van der Waals surface area (Å²) in [5, 5.41) is 6.23. The molecule has 0 unspecified atom stereocenters. The minimum absolute atomic E-state index is 0.103. The zero-order valence-corrected chi connectivity index (χ0v) is 15.9. The van der Waals surface area contributed by atoms with Crippen LogP contribution in [0.3, 0.4) is 0 Å². The minimum Gasteiger partial charge on any atom is -0.497 e.